The Morgan fingerprint density at radius 3 is 2.06 bits per heavy atom. The Balaban J connectivity index is 2.67. The summed E-state index contributed by atoms with van der Waals surface area (Å²) in [6.45, 7) is 8.99. The fourth-order valence-corrected chi connectivity index (χ4v) is 2.28. The predicted molar refractivity (Wildman–Crippen MR) is 72.6 cm³/mol. The van der Waals surface area contributed by atoms with E-state index in [1.807, 2.05) is 13.1 Å². The van der Waals surface area contributed by atoms with Crippen LogP contribution in [0.15, 0.2) is 24.3 Å². The van der Waals surface area contributed by atoms with Crippen LogP contribution < -0.4 is 9.92 Å². The molecule has 0 spiro atoms. The SMILES string of the molecule is CC(C)(C)OC(=O)Oc1ccc([Si](C)(C)O)cc1. The molecule has 1 N–H and O–H groups in total. The summed E-state index contributed by atoms with van der Waals surface area (Å²) in [4.78, 5) is 21.3. The molecule has 0 saturated carbocycles. The summed E-state index contributed by atoms with van der Waals surface area (Å²) >= 11 is 0. The number of rotatable bonds is 2. The van der Waals surface area contributed by atoms with Crippen molar-refractivity contribution in [3.8, 4) is 5.75 Å². The highest BCUT2D eigenvalue weighted by Gasteiger charge is 2.21. The number of hydrogen-bond acceptors (Lipinski definition) is 4. The van der Waals surface area contributed by atoms with E-state index in [2.05, 4.69) is 0 Å². The summed E-state index contributed by atoms with van der Waals surface area (Å²) in [5, 5.41) is 0.888. The van der Waals surface area contributed by atoms with Crippen molar-refractivity contribution in [2.75, 3.05) is 0 Å². The second-order valence-corrected chi connectivity index (χ2v) is 9.35. The van der Waals surface area contributed by atoms with Gasteiger partial charge in [-0.05, 0) is 51.2 Å². The Labute approximate surface area is 109 Å². The van der Waals surface area contributed by atoms with E-state index in [1.54, 1.807) is 45.0 Å². The van der Waals surface area contributed by atoms with Gasteiger partial charge in [0.25, 0.3) is 0 Å². The molecule has 1 rings (SSSR count). The van der Waals surface area contributed by atoms with E-state index in [0.717, 1.165) is 5.19 Å². The fourth-order valence-electron chi connectivity index (χ4n) is 1.30. The second-order valence-electron chi connectivity index (χ2n) is 5.65. The van der Waals surface area contributed by atoms with Crippen LogP contribution in [0.25, 0.3) is 0 Å². The maximum Gasteiger partial charge on any atom is 0.514 e. The Bertz CT molecular complexity index is 412. The van der Waals surface area contributed by atoms with Crippen LogP contribution in [0, 0.1) is 0 Å². The molecule has 1 aromatic carbocycles. The first-order valence-electron chi connectivity index (χ1n) is 5.82. The maximum absolute atomic E-state index is 11.4. The normalized spacial score (nSPS) is 12.1. The third-order valence-corrected chi connectivity index (χ3v) is 3.90. The van der Waals surface area contributed by atoms with Gasteiger partial charge in [0, 0.05) is 0 Å². The third-order valence-electron chi connectivity index (χ3n) is 2.15. The van der Waals surface area contributed by atoms with Crippen molar-refractivity contribution in [3.05, 3.63) is 24.3 Å². The predicted octanol–water partition coefficient (Wildman–Crippen LogP) is 2.40. The minimum atomic E-state index is -2.31. The second kappa shape index (κ2) is 5.12. The molecular formula is C13H20O4Si. The van der Waals surface area contributed by atoms with E-state index in [1.165, 1.54) is 0 Å². The monoisotopic (exact) mass is 268 g/mol. The summed E-state index contributed by atoms with van der Waals surface area (Å²) in [6.07, 6.45) is -0.726. The first-order valence-corrected chi connectivity index (χ1v) is 8.76. The van der Waals surface area contributed by atoms with E-state index < -0.39 is 20.1 Å². The molecule has 0 saturated heterocycles. The summed E-state index contributed by atoms with van der Waals surface area (Å²) in [7, 11) is -2.31. The van der Waals surface area contributed by atoms with E-state index in [9.17, 15) is 9.59 Å². The van der Waals surface area contributed by atoms with Gasteiger partial charge in [0.05, 0.1) is 0 Å². The quantitative estimate of drug-likeness (QED) is 0.508. The van der Waals surface area contributed by atoms with Crippen LogP contribution in [-0.2, 0) is 4.74 Å². The molecule has 100 valence electrons. The van der Waals surface area contributed by atoms with Crippen LogP contribution in [-0.4, -0.2) is 24.9 Å². The third kappa shape index (κ3) is 4.89. The molecule has 0 fully saturated rings. The van der Waals surface area contributed by atoms with Gasteiger partial charge >= 0.3 is 6.16 Å². The topological polar surface area (TPSA) is 55.8 Å². The van der Waals surface area contributed by atoms with Gasteiger partial charge in [-0.2, -0.15) is 0 Å². The summed E-state index contributed by atoms with van der Waals surface area (Å²) < 4.78 is 10.1. The molecule has 0 amide bonds. The van der Waals surface area contributed by atoms with Crippen LogP contribution in [0.3, 0.4) is 0 Å². The van der Waals surface area contributed by atoms with Gasteiger partial charge < -0.3 is 14.3 Å². The molecule has 0 heterocycles. The molecule has 0 radical (unpaired) electrons. The van der Waals surface area contributed by atoms with Crippen LogP contribution >= 0.6 is 0 Å². The first-order chi connectivity index (χ1) is 8.08. The number of carbonyl (C=O) groups excluding carboxylic acids is 1. The van der Waals surface area contributed by atoms with Crippen LogP contribution in [0.1, 0.15) is 20.8 Å². The molecule has 0 bridgehead atoms. The van der Waals surface area contributed by atoms with Gasteiger partial charge in [0.15, 0.2) is 0 Å². The molecule has 0 unspecified atom stereocenters. The minimum Gasteiger partial charge on any atom is -0.428 e. The molecule has 0 aliphatic heterocycles. The molecular weight excluding hydrogens is 248 g/mol. The lowest BCUT2D eigenvalue weighted by Gasteiger charge is -2.19. The van der Waals surface area contributed by atoms with Crippen molar-refractivity contribution < 1.29 is 19.1 Å². The minimum absolute atomic E-state index is 0.409. The zero-order valence-electron chi connectivity index (χ0n) is 11.5. The van der Waals surface area contributed by atoms with Crippen molar-refractivity contribution in [2.45, 2.75) is 39.5 Å². The average molecular weight is 268 g/mol. The Hall–Kier alpha value is -1.33. The molecule has 4 nitrogen and oxygen atoms in total. The van der Waals surface area contributed by atoms with Crippen molar-refractivity contribution in [3.63, 3.8) is 0 Å². The molecule has 0 aromatic heterocycles. The van der Waals surface area contributed by atoms with Gasteiger partial charge in [-0.25, -0.2) is 4.79 Å². The van der Waals surface area contributed by atoms with E-state index in [4.69, 9.17) is 9.47 Å². The average Bonchev–Trinajstić information content (AvgIpc) is 2.13. The van der Waals surface area contributed by atoms with Crippen LogP contribution in [0.4, 0.5) is 4.79 Å². The lowest BCUT2D eigenvalue weighted by molar-refractivity contribution is 0.0206. The first kappa shape index (κ1) is 14.7. The summed E-state index contributed by atoms with van der Waals surface area (Å²) in [5.74, 6) is 0.409. The van der Waals surface area contributed by atoms with Crippen LogP contribution in [0.2, 0.25) is 13.1 Å². The van der Waals surface area contributed by atoms with Crippen molar-refractivity contribution in [1.82, 2.24) is 0 Å². The lowest BCUT2D eigenvalue weighted by atomic mass is 10.2. The summed E-state index contributed by atoms with van der Waals surface area (Å²) in [6, 6.07) is 6.85. The van der Waals surface area contributed by atoms with E-state index in [-0.39, 0.29) is 0 Å². The molecule has 0 atom stereocenters. The highest BCUT2D eigenvalue weighted by molar-refractivity contribution is 6.83. The zero-order valence-corrected chi connectivity index (χ0v) is 12.5. The highest BCUT2D eigenvalue weighted by atomic mass is 28.4. The maximum atomic E-state index is 11.4. The molecule has 1 aromatic rings. The standard InChI is InChI=1S/C13H20O4Si/c1-13(2,3)17-12(14)16-10-6-8-11(9-7-10)18(4,5)15/h6-9,15H,1-5H3. The van der Waals surface area contributed by atoms with E-state index in [0.29, 0.717) is 5.75 Å². The Morgan fingerprint density at radius 1 is 1.17 bits per heavy atom. The molecule has 0 aliphatic rings. The number of carbonyl (C=O) groups is 1. The van der Waals surface area contributed by atoms with Gasteiger partial charge in [0.1, 0.15) is 11.4 Å². The van der Waals surface area contributed by atoms with Gasteiger partial charge in [-0.1, -0.05) is 12.1 Å². The number of benzene rings is 1. The molecule has 18 heavy (non-hydrogen) atoms. The Morgan fingerprint density at radius 2 is 1.67 bits per heavy atom. The zero-order chi connectivity index (χ0) is 14.0. The smallest absolute Gasteiger partial charge is 0.428 e. The molecule has 5 heteroatoms. The Kier molecular flexibility index (Phi) is 4.19. The summed E-state index contributed by atoms with van der Waals surface area (Å²) in [5.41, 5.74) is -0.572. The van der Waals surface area contributed by atoms with Gasteiger partial charge in [-0.3, -0.25) is 0 Å². The van der Waals surface area contributed by atoms with E-state index >= 15 is 0 Å². The highest BCUT2D eigenvalue weighted by Crippen LogP contribution is 2.13. The molecule has 0 aliphatic carbocycles. The van der Waals surface area contributed by atoms with Crippen molar-refractivity contribution >= 4 is 19.7 Å². The largest absolute Gasteiger partial charge is 0.514 e. The van der Waals surface area contributed by atoms with Gasteiger partial charge in [0.2, 0.25) is 8.32 Å². The fraction of sp³-hybridized carbons (Fsp3) is 0.462. The lowest BCUT2D eigenvalue weighted by Crippen LogP contribution is -2.41. The number of ether oxygens (including phenoxy) is 2. The number of hydrogen-bond donors (Lipinski definition) is 1. The van der Waals surface area contributed by atoms with Crippen molar-refractivity contribution in [1.29, 1.82) is 0 Å². The van der Waals surface area contributed by atoms with Gasteiger partial charge in [-0.15, -0.1) is 0 Å². The van der Waals surface area contributed by atoms with Crippen LogP contribution in [0.5, 0.6) is 5.75 Å². The van der Waals surface area contributed by atoms with Crippen molar-refractivity contribution in [2.24, 2.45) is 0 Å².